The Morgan fingerprint density at radius 3 is 2.24 bits per heavy atom. The fourth-order valence-electron chi connectivity index (χ4n) is 1.66. The van der Waals surface area contributed by atoms with Crippen molar-refractivity contribution in [3.63, 3.8) is 0 Å². The molecule has 0 saturated heterocycles. The maximum atomic E-state index is 13.0. The van der Waals surface area contributed by atoms with Crippen LogP contribution >= 0.6 is 0 Å². The van der Waals surface area contributed by atoms with Crippen LogP contribution in [0.1, 0.15) is 11.1 Å². The van der Waals surface area contributed by atoms with E-state index >= 15 is 0 Å². The molecular weight excluding hydrogens is 213 g/mol. The summed E-state index contributed by atoms with van der Waals surface area (Å²) in [4.78, 5) is 2.05. The molecule has 2 aromatic rings. The minimum absolute atomic E-state index is 0.205. The molecule has 0 aliphatic carbocycles. The lowest BCUT2D eigenvalue weighted by Crippen LogP contribution is -2.08. The third-order valence-electron chi connectivity index (χ3n) is 2.59. The zero-order valence-corrected chi connectivity index (χ0v) is 10.0. The first-order valence-corrected chi connectivity index (χ1v) is 5.53. The predicted octanol–water partition coefficient (Wildman–Crippen LogP) is 3.49. The Bertz CT molecular complexity index is 489. The summed E-state index contributed by atoms with van der Waals surface area (Å²) in [5.41, 5.74) is 3.10. The number of nitrogens with zero attached hydrogens (tertiary/aromatic N) is 1. The zero-order chi connectivity index (χ0) is 12.3. The highest BCUT2D eigenvalue weighted by molar-refractivity contribution is 5.49. The van der Waals surface area contributed by atoms with E-state index in [1.54, 1.807) is 6.07 Å². The number of halogens is 1. The lowest BCUT2D eigenvalue weighted by molar-refractivity contribution is 0.627. The van der Waals surface area contributed by atoms with E-state index in [4.69, 9.17) is 0 Å². The van der Waals surface area contributed by atoms with Gasteiger partial charge in [0, 0.05) is 26.2 Å². The summed E-state index contributed by atoms with van der Waals surface area (Å²) in [6, 6.07) is 14.7. The van der Waals surface area contributed by atoms with Gasteiger partial charge in [-0.3, -0.25) is 0 Å². The van der Waals surface area contributed by atoms with Crippen molar-refractivity contribution < 1.29 is 4.39 Å². The van der Waals surface area contributed by atoms with Crippen LogP contribution in [0.4, 0.5) is 10.1 Å². The standard InChI is InChI=1S/C15H15FN/c1-17(2)15-8-6-12(7-9-15)10-13-4-3-5-14(16)11-13/h3-11H,1-2H3. The first-order valence-electron chi connectivity index (χ1n) is 5.53. The van der Waals surface area contributed by atoms with E-state index < -0.39 is 0 Å². The molecule has 1 radical (unpaired) electrons. The molecule has 0 unspecified atom stereocenters. The molecule has 0 fully saturated rings. The van der Waals surface area contributed by atoms with Crippen molar-refractivity contribution in [3.05, 3.63) is 71.9 Å². The molecule has 0 saturated carbocycles. The van der Waals surface area contributed by atoms with Crippen molar-refractivity contribution in [1.29, 1.82) is 0 Å². The molecule has 0 bridgehead atoms. The van der Waals surface area contributed by atoms with Gasteiger partial charge in [0.25, 0.3) is 0 Å². The van der Waals surface area contributed by atoms with E-state index in [0.29, 0.717) is 0 Å². The minimum atomic E-state index is -0.205. The van der Waals surface area contributed by atoms with Crippen molar-refractivity contribution in [2.75, 3.05) is 19.0 Å². The smallest absolute Gasteiger partial charge is 0.123 e. The van der Waals surface area contributed by atoms with Gasteiger partial charge < -0.3 is 4.90 Å². The van der Waals surface area contributed by atoms with Crippen LogP contribution in [0.15, 0.2) is 48.5 Å². The van der Waals surface area contributed by atoms with Gasteiger partial charge in [-0.1, -0.05) is 24.3 Å². The second-order valence-corrected chi connectivity index (χ2v) is 4.19. The molecule has 1 nitrogen and oxygen atoms in total. The molecule has 0 amide bonds. The van der Waals surface area contributed by atoms with E-state index in [9.17, 15) is 4.39 Å². The number of anilines is 1. The normalized spacial score (nSPS) is 10.3. The van der Waals surface area contributed by atoms with Gasteiger partial charge in [0.15, 0.2) is 0 Å². The average Bonchev–Trinajstić information content (AvgIpc) is 2.29. The van der Waals surface area contributed by atoms with E-state index in [0.717, 1.165) is 16.8 Å². The van der Waals surface area contributed by atoms with Gasteiger partial charge in [0.2, 0.25) is 0 Å². The molecule has 2 aromatic carbocycles. The lowest BCUT2D eigenvalue weighted by atomic mass is 10.0. The molecule has 0 aromatic heterocycles. The summed E-state index contributed by atoms with van der Waals surface area (Å²) in [5.74, 6) is -0.205. The molecule has 87 valence electrons. The molecule has 0 heterocycles. The summed E-state index contributed by atoms with van der Waals surface area (Å²) in [7, 11) is 4.01. The summed E-state index contributed by atoms with van der Waals surface area (Å²) in [6.07, 6.45) is 1.96. The summed E-state index contributed by atoms with van der Waals surface area (Å²) >= 11 is 0. The fourth-order valence-corrected chi connectivity index (χ4v) is 1.66. The van der Waals surface area contributed by atoms with Crippen LogP contribution in [0.5, 0.6) is 0 Å². The van der Waals surface area contributed by atoms with Crippen molar-refractivity contribution in [3.8, 4) is 0 Å². The topological polar surface area (TPSA) is 3.24 Å². The lowest BCUT2D eigenvalue weighted by Gasteiger charge is -2.12. The first kappa shape index (κ1) is 11.6. The highest BCUT2D eigenvalue weighted by Gasteiger charge is 2.00. The molecule has 0 aliphatic rings. The van der Waals surface area contributed by atoms with Crippen LogP contribution < -0.4 is 4.90 Å². The Morgan fingerprint density at radius 1 is 0.941 bits per heavy atom. The van der Waals surface area contributed by atoms with Crippen molar-refractivity contribution in [2.24, 2.45) is 0 Å². The second kappa shape index (κ2) is 5.00. The quantitative estimate of drug-likeness (QED) is 0.777. The Kier molecular flexibility index (Phi) is 3.43. The minimum Gasteiger partial charge on any atom is -0.378 e. The van der Waals surface area contributed by atoms with Crippen LogP contribution in [-0.2, 0) is 0 Å². The van der Waals surface area contributed by atoms with Gasteiger partial charge in [-0.2, -0.15) is 0 Å². The maximum absolute atomic E-state index is 13.0. The fraction of sp³-hybridized carbons (Fsp3) is 0.133. The molecule has 0 aliphatic heterocycles. The molecule has 2 rings (SSSR count). The third-order valence-corrected chi connectivity index (χ3v) is 2.59. The Morgan fingerprint density at radius 2 is 1.65 bits per heavy atom. The van der Waals surface area contributed by atoms with Crippen LogP contribution in [0.25, 0.3) is 0 Å². The van der Waals surface area contributed by atoms with E-state index in [2.05, 4.69) is 0 Å². The SMILES string of the molecule is CN(C)c1ccc([CH]c2cccc(F)c2)cc1. The highest BCUT2D eigenvalue weighted by Crippen LogP contribution is 2.17. The van der Waals surface area contributed by atoms with Crippen LogP contribution in [0.2, 0.25) is 0 Å². The van der Waals surface area contributed by atoms with Crippen LogP contribution in [-0.4, -0.2) is 14.1 Å². The third kappa shape index (κ3) is 3.06. The summed E-state index contributed by atoms with van der Waals surface area (Å²) in [5, 5.41) is 0. The number of hydrogen-bond acceptors (Lipinski definition) is 1. The molecular formula is C15H15FN. The summed E-state index contributed by atoms with van der Waals surface area (Å²) in [6.45, 7) is 0. The van der Waals surface area contributed by atoms with Gasteiger partial charge in [-0.05, 0) is 35.4 Å². The number of benzene rings is 2. The zero-order valence-electron chi connectivity index (χ0n) is 10.0. The maximum Gasteiger partial charge on any atom is 0.123 e. The monoisotopic (exact) mass is 228 g/mol. The van der Waals surface area contributed by atoms with Gasteiger partial charge in [-0.25, -0.2) is 4.39 Å². The van der Waals surface area contributed by atoms with Crippen molar-refractivity contribution >= 4 is 5.69 Å². The molecule has 0 N–H and O–H groups in total. The number of rotatable bonds is 3. The molecule has 0 spiro atoms. The Balaban J connectivity index is 2.14. The summed E-state index contributed by atoms with van der Waals surface area (Å²) < 4.78 is 13.0. The first-order chi connectivity index (χ1) is 8.15. The van der Waals surface area contributed by atoms with Gasteiger partial charge >= 0.3 is 0 Å². The molecule has 17 heavy (non-hydrogen) atoms. The average molecular weight is 228 g/mol. The highest BCUT2D eigenvalue weighted by atomic mass is 19.1. The van der Waals surface area contributed by atoms with Crippen molar-refractivity contribution in [1.82, 2.24) is 0 Å². The van der Waals surface area contributed by atoms with Crippen LogP contribution in [0.3, 0.4) is 0 Å². The van der Waals surface area contributed by atoms with Gasteiger partial charge in [-0.15, -0.1) is 0 Å². The molecule has 0 atom stereocenters. The van der Waals surface area contributed by atoms with E-state index in [1.165, 1.54) is 12.1 Å². The second-order valence-electron chi connectivity index (χ2n) is 4.19. The van der Waals surface area contributed by atoms with Crippen molar-refractivity contribution in [2.45, 2.75) is 0 Å². The number of hydrogen-bond donors (Lipinski definition) is 0. The largest absolute Gasteiger partial charge is 0.378 e. The van der Waals surface area contributed by atoms with Crippen LogP contribution in [0, 0.1) is 12.2 Å². The van der Waals surface area contributed by atoms with E-state index in [1.807, 2.05) is 55.7 Å². The Hall–Kier alpha value is -1.83. The predicted molar refractivity (Wildman–Crippen MR) is 69.7 cm³/mol. The van der Waals surface area contributed by atoms with Gasteiger partial charge in [0.1, 0.15) is 5.82 Å². The van der Waals surface area contributed by atoms with E-state index in [-0.39, 0.29) is 5.82 Å². The Labute approximate surface area is 102 Å². The van der Waals surface area contributed by atoms with Gasteiger partial charge in [0.05, 0.1) is 0 Å². The molecule has 2 heteroatoms.